The number of hydrogen-bond donors (Lipinski definition) is 0. The first-order chi connectivity index (χ1) is 9.00. The van der Waals surface area contributed by atoms with Crippen LogP contribution in [0.15, 0.2) is 0 Å². The molecule has 1 saturated heterocycles. The Morgan fingerprint density at radius 3 is 2.74 bits per heavy atom. The number of hydrogen-bond acceptors (Lipinski definition) is 3. The van der Waals surface area contributed by atoms with E-state index in [-0.39, 0.29) is 30.8 Å². The number of halogens is 2. The average molecular weight is 277 g/mol. The Labute approximate surface area is 112 Å². The van der Waals surface area contributed by atoms with Gasteiger partial charge in [-0.15, -0.1) is 0 Å². The molecule has 1 atom stereocenters. The molecule has 110 valence electrons. The van der Waals surface area contributed by atoms with Crippen molar-refractivity contribution >= 4 is 11.7 Å². The maximum absolute atomic E-state index is 12.0. The van der Waals surface area contributed by atoms with E-state index in [4.69, 9.17) is 4.74 Å². The van der Waals surface area contributed by atoms with Gasteiger partial charge in [0.2, 0.25) is 5.91 Å². The fraction of sp³-hybridized carbons (Fsp3) is 0.846. The molecule has 0 spiro atoms. The van der Waals surface area contributed by atoms with Crippen LogP contribution in [-0.2, 0) is 14.3 Å². The highest BCUT2D eigenvalue weighted by atomic mass is 19.3. The third-order valence-corrected chi connectivity index (χ3v) is 3.17. The van der Waals surface area contributed by atoms with Crippen molar-refractivity contribution in [2.75, 3.05) is 19.8 Å². The molecular weight excluding hydrogens is 256 g/mol. The number of carbonyl (C=O) groups is 2. The largest absolute Gasteiger partial charge is 0.375 e. The van der Waals surface area contributed by atoms with Gasteiger partial charge in [-0.3, -0.25) is 9.59 Å². The number of piperidine rings is 1. The predicted molar refractivity (Wildman–Crippen MR) is 66.1 cm³/mol. The Morgan fingerprint density at radius 1 is 1.37 bits per heavy atom. The van der Waals surface area contributed by atoms with Crippen molar-refractivity contribution in [3.05, 3.63) is 0 Å². The van der Waals surface area contributed by atoms with Gasteiger partial charge in [0.15, 0.2) is 0 Å². The van der Waals surface area contributed by atoms with Crippen LogP contribution >= 0.6 is 0 Å². The van der Waals surface area contributed by atoms with Crippen LogP contribution in [-0.4, -0.2) is 48.8 Å². The number of Topliss-reactive ketones (excluding diaryl/α,β-unsaturated/α-hetero) is 1. The summed E-state index contributed by atoms with van der Waals surface area (Å²) in [6.45, 7) is 1.53. The molecule has 0 bridgehead atoms. The number of carbonyl (C=O) groups excluding carboxylic acids is 2. The Morgan fingerprint density at radius 2 is 2.11 bits per heavy atom. The quantitative estimate of drug-likeness (QED) is 0.669. The molecule has 6 heteroatoms. The van der Waals surface area contributed by atoms with Crippen LogP contribution < -0.4 is 0 Å². The first-order valence-electron chi connectivity index (χ1n) is 6.65. The predicted octanol–water partition coefficient (Wildman–Crippen LogP) is 2.02. The molecule has 0 aliphatic carbocycles. The van der Waals surface area contributed by atoms with Gasteiger partial charge in [0, 0.05) is 19.0 Å². The molecule has 0 aromatic heterocycles. The highest BCUT2D eigenvalue weighted by molar-refractivity contribution is 5.79. The summed E-state index contributed by atoms with van der Waals surface area (Å²) in [5, 5.41) is 0. The zero-order valence-corrected chi connectivity index (χ0v) is 11.2. The van der Waals surface area contributed by atoms with E-state index in [0.29, 0.717) is 13.0 Å². The minimum atomic E-state index is -2.50. The molecule has 0 N–H and O–H groups in total. The zero-order valence-electron chi connectivity index (χ0n) is 11.2. The van der Waals surface area contributed by atoms with Crippen LogP contribution in [0, 0.1) is 0 Å². The molecule has 1 fully saturated rings. The second-order valence-electron chi connectivity index (χ2n) is 4.86. The number of ether oxygens (including phenoxy) is 1. The van der Waals surface area contributed by atoms with E-state index in [1.807, 2.05) is 0 Å². The average Bonchev–Trinajstić information content (AvgIpc) is 2.34. The van der Waals surface area contributed by atoms with Gasteiger partial charge in [0.05, 0.1) is 13.0 Å². The summed E-state index contributed by atoms with van der Waals surface area (Å²) in [5.74, 6) is -0.0427. The van der Waals surface area contributed by atoms with Gasteiger partial charge in [0.1, 0.15) is 12.4 Å². The summed E-state index contributed by atoms with van der Waals surface area (Å²) in [7, 11) is 0. The minimum Gasteiger partial charge on any atom is -0.375 e. The number of alkyl halides is 2. The van der Waals surface area contributed by atoms with Crippen LogP contribution in [0.4, 0.5) is 8.78 Å². The van der Waals surface area contributed by atoms with Gasteiger partial charge >= 0.3 is 0 Å². The molecule has 4 nitrogen and oxygen atoms in total. The molecule has 0 aromatic carbocycles. The van der Waals surface area contributed by atoms with Crippen LogP contribution in [0.3, 0.4) is 0 Å². The number of rotatable bonds is 7. The topological polar surface area (TPSA) is 46.6 Å². The van der Waals surface area contributed by atoms with Crippen molar-refractivity contribution in [2.45, 2.75) is 51.5 Å². The molecule has 0 radical (unpaired) electrons. The maximum atomic E-state index is 12.0. The fourth-order valence-electron chi connectivity index (χ4n) is 2.35. The van der Waals surface area contributed by atoms with Gasteiger partial charge in [-0.1, -0.05) is 0 Å². The lowest BCUT2D eigenvalue weighted by atomic mass is 9.97. The van der Waals surface area contributed by atoms with Crippen molar-refractivity contribution < 1.29 is 23.1 Å². The fourth-order valence-corrected chi connectivity index (χ4v) is 2.35. The number of amides is 1. The highest BCUT2D eigenvalue weighted by Crippen LogP contribution is 2.20. The minimum absolute atomic E-state index is 0.00641. The smallest absolute Gasteiger partial charge is 0.261 e. The van der Waals surface area contributed by atoms with Crippen LogP contribution in [0.5, 0.6) is 0 Å². The van der Waals surface area contributed by atoms with Gasteiger partial charge in [-0.2, -0.15) is 0 Å². The standard InChI is InChI=1S/C13H21F2NO3/c1-10(17)8-11-4-2-3-6-16(11)13(18)5-7-19-9-12(14)15/h11-12H,2-9H2,1H3. The first-order valence-corrected chi connectivity index (χ1v) is 6.65. The Bertz CT molecular complexity index is 310. The SMILES string of the molecule is CC(=O)CC1CCCCN1C(=O)CCOCC(F)F. The summed E-state index contributed by atoms with van der Waals surface area (Å²) >= 11 is 0. The van der Waals surface area contributed by atoms with Crippen molar-refractivity contribution in [3.63, 3.8) is 0 Å². The lowest BCUT2D eigenvalue weighted by Gasteiger charge is -2.35. The summed E-state index contributed by atoms with van der Waals surface area (Å²) in [4.78, 5) is 24.9. The number of ketones is 1. The van der Waals surface area contributed by atoms with Gasteiger partial charge in [0.25, 0.3) is 6.43 Å². The van der Waals surface area contributed by atoms with Crippen molar-refractivity contribution in [3.8, 4) is 0 Å². The number of nitrogens with zero attached hydrogens (tertiary/aromatic N) is 1. The third kappa shape index (κ3) is 6.09. The van der Waals surface area contributed by atoms with Crippen LogP contribution in [0.2, 0.25) is 0 Å². The second-order valence-corrected chi connectivity index (χ2v) is 4.86. The first kappa shape index (κ1) is 16.0. The molecule has 1 unspecified atom stereocenters. The van der Waals surface area contributed by atoms with E-state index in [1.165, 1.54) is 6.92 Å². The summed E-state index contributed by atoms with van der Waals surface area (Å²) in [5.41, 5.74) is 0. The Balaban J connectivity index is 2.37. The highest BCUT2D eigenvalue weighted by Gasteiger charge is 2.27. The zero-order chi connectivity index (χ0) is 14.3. The van der Waals surface area contributed by atoms with E-state index in [1.54, 1.807) is 4.90 Å². The molecule has 1 aliphatic heterocycles. The summed E-state index contributed by atoms with van der Waals surface area (Å²) < 4.78 is 28.4. The Hall–Kier alpha value is -1.04. The second kappa shape index (κ2) is 8.19. The summed E-state index contributed by atoms with van der Waals surface area (Å²) in [6.07, 6.45) is 0.755. The van der Waals surface area contributed by atoms with Gasteiger partial charge in [-0.05, 0) is 26.2 Å². The van der Waals surface area contributed by atoms with Crippen molar-refractivity contribution in [1.29, 1.82) is 0 Å². The number of likely N-dealkylation sites (tertiary alicyclic amines) is 1. The molecule has 1 rings (SSSR count). The van der Waals surface area contributed by atoms with Gasteiger partial charge in [-0.25, -0.2) is 8.78 Å². The van der Waals surface area contributed by atoms with Crippen LogP contribution in [0.25, 0.3) is 0 Å². The maximum Gasteiger partial charge on any atom is 0.261 e. The van der Waals surface area contributed by atoms with E-state index >= 15 is 0 Å². The molecule has 19 heavy (non-hydrogen) atoms. The molecule has 1 aliphatic rings. The molecule has 0 aromatic rings. The summed E-state index contributed by atoms with van der Waals surface area (Å²) in [6, 6.07) is -0.0335. The van der Waals surface area contributed by atoms with Crippen molar-refractivity contribution in [2.24, 2.45) is 0 Å². The van der Waals surface area contributed by atoms with Crippen LogP contribution in [0.1, 0.15) is 39.0 Å². The molecule has 1 heterocycles. The molecular formula is C13H21F2NO3. The monoisotopic (exact) mass is 277 g/mol. The normalized spacial score (nSPS) is 19.8. The molecule has 0 saturated carbocycles. The lowest BCUT2D eigenvalue weighted by molar-refractivity contribution is -0.137. The van der Waals surface area contributed by atoms with E-state index in [2.05, 4.69) is 0 Å². The van der Waals surface area contributed by atoms with E-state index < -0.39 is 13.0 Å². The van der Waals surface area contributed by atoms with E-state index in [0.717, 1.165) is 19.3 Å². The van der Waals surface area contributed by atoms with Gasteiger partial charge < -0.3 is 9.64 Å². The third-order valence-electron chi connectivity index (χ3n) is 3.17. The van der Waals surface area contributed by atoms with Crippen molar-refractivity contribution in [1.82, 2.24) is 4.90 Å². The molecule has 1 amide bonds. The van der Waals surface area contributed by atoms with E-state index in [9.17, 15) is 18.4 Å². The lowest BCUT2D eigenvalue weighted by Crippen LogP contribution is -2.44. The Kier molecular flexibility index (Phi) is 6.91.